The minimum absolute atomic E-state index is 0.236. The van der Waals surface area contributed by atoms with Crippen LogP contribution >= 0.6 is 11.3 Å². The summed E-state index contributed by atoms with van der Waals surface area (Å²) in [5.41, 5.74) is 3.55. The molecule has 0 saturated carbocycles. The zero-order chi connectivity index (χ0) is 18.8. The first-order valence-corrected chi connectivity index (χ1v) is 9.27. The van der Waals surface area contributed by atoms with Gasteiger partial charge in [-0.15, -0.1) is 0 Å². The van der Waals surface area contributed by atoms with Crippen molar-refractivity contribution in [2.24, 2.45) is 0 Å². The molecule has 0 bridgehead atoms. The average Bonchev–Trinajstić information content (AvgIpc) is 3.02. The molecule has 0 aliphatic carbocycles. The fourth-order valence-corrected chi connectivity index (χ4v) is 3.74. The van der Waals surface area contributed by atoms with E-state index in [-0.39, 0.29) is 5.91 Å². The number of anilines is 1. The highest BCUT2D eigenvalue weighted by Gasteiger charge is 2.22. The van der Waals surface area contributed by atoms with Crippen LogP contribution in [-0.2, 0) is 0 Å². The second-order valence-corrected chi connectivity index (χ2v) is 7.63. The zero-order valence-corrected chi connectivity index (χ0v) is 16.2. The van der Waals surface area contributed by atoms with Gasteiger partial charge in [0.25, 0.3) is 5.91 Å². The first-order chi connectivity index (χ1) is 12.4. The van der Waals surface area contributed by atoms with E-state index in [2.05, 4.69) is 13.0 Å². The van der Waals surface area contributed by atoms with E-state index < -0.39 is 5.82 Å². The highest BCUT2D eigenvalue weighted by molar-refractivity contribution is 7.22. The topological polar surface area (TPSA) is 36.4 Å². The van der Waals surface area contributed by atoms with Gasteiger partial charge in [-0.25, -0.2) is 9.37 Å². The minimum Gasteiger partial charge on any atom is -0.308 e. The molecule has 0 unspecified atom stereocenters. The van der Waals surface area contributed by atoms with Crippen LogP contribution in [-0.4, -0.2) is 43.0 Å². The van der Waals surface area contributed by atoms with Gasteiger partial charge in [0.2, 0.25) is 0 Å². The Morgan fingerprint density at radius 1 is 1.15 bits per heavy atom. The number of thiazole rings is 1. The Morgan fingerprint density at radius 3 is 2.62 bits per heavy atom. The predicted molar refractivity (Wildman–Crippen MR) is 106 cm³/mol. The second kappa shape index (κ2) is 7.51. The monoisotopic (exact) mass is 371 g/mol. The first-order valence-electron chi connectivity index (χ1n) is 8.45. The Bertz CT molecular complexity index is 951. The van der Waals surface area contributed by atoms with Gasteiger partial charge in [-0.2, -0.15) is 0 Å². The molecule has 4 nitrogen and oxygen atoms in total. The van der Waals surface area contributed by atoms with E-state index in [1.54, 1.807) is 17.0 Å². The molecule has 0 radical (unpaired) electrons. The number of nitrogens with zero attached hydrogens (tertiary/aromatic N) is 3. The number of aryl methyl sites for hydroxylation is 2. The van der Waals surface area contributed by atoms with Crippen LogP contribution in [0.3, 0.4) is 0 Å². The molecule has 0 saturated heterocycles. The minimum atomic E-state index is -0.417. The van der Waals surface area contributed by atoms with Gasteiger partial charge in [-0.3, -0.25) is 9.69 Å². The average molecular weight is 371 g/mol. The van der Waals surface area contributed by atoms with E-state index in [0.717, 1.165) is 15.8 Å². The normalized spacial score (nSPS) is 11.3. The lowest BCUT2D eigenvalue weighted by Crippen LogP contribution is -2.36. The van der Waals surface area contributed by atoms with Crippen molar-refractivity contribution in [1.29, 1.82) is 0 Å². The summed E-state index contributed by atoms with van der Waals surface area (Å²) < 4.78 is 14.6. The SMILES string of the molecule is Cc1ccc2sc(N(CCN(C)C)C(=O)c3cccc(F)c3)nc2c1C. The summed E-state index contributed by atoms with van der Waals surface area (Å²) in [6.45, 7) is 5.27. The van der Waals surface area contributed by atoms with Crippen molar-refractivity contribution < 1.29 is 9.18 Å². The third-order valence-electron chi connectivity index (χ3n) is 4.39. The molecule has 136 valence electrons. The Labute approximate surface area is 156 Å². The van der Waals surface area contributed by atoms with E-state index in [4.69, 9.17) is 4.98 Å². The molecule has 0 aliphatic rings. The summed E-state index contributed by atoms with van der Waals surface area (Å²) in [5.74, 6) is -0.654. The number of rotatable bonds is 5. The van der Waals surface area contributed by atoms with Crippen LogP contribution in [0.15, 0.2) is 36.4 Å². The Morgan fingerprint density at radius 2 is 1.92 bits per heavy atom. The van der Waals surface area contributed by atoms with Crippen molar-refractivity contribution in [3.05, 3.63) is 58.9 Å². The van der Waals surface area contributed by atoms with E-state index >= 15 is 0 Å². The van der Waals surface area contributed by atoms with E-state index in [0.29, 0.717) is 23.8 Å². The summed E-state index contributed by atoms with van der Waals surface area (Å²) in [7, 11) is 3.91. The van der Waals surface area contributed by atoms with Gasteiger partial charge in [-0.05, 0) is 63.3 Å². The van der Waals surface area contributed by atoms with Gasteiger partial charge in [0.05, 0.1) is 10.2 Å². The standard InChI is InChI=1S/C20H22FN3OS/c1-13-8-9-17-18(14(13)2)22-20(26-17)24(11-10-23(3)4)19(25)15-6-5-7-16(21)12-15/h5-9,12H,10-11H2,1-4H3. The van der Waals surface area contributed by atoms with Gasteiger partial charge >= 0.3 is 0 Å². The third-order valence-corrected chi connectivity index (χ3v) is 5.44. The largest absolute Gasteiger partial charge is 0.308 e. The van der Waals surface area contributed by atoms with Crippen molar-refractivity contribution in [2.75, 3.05) is 32.1 Å². The maximum Gasteiger partial charge on any atom is 0.260 e. The summed E-state index contributed by atoms with van der Waals surface area (Å²) >= 11 is 1.49. The molecular formula is C20H22FN3OS. The van der Waals surface area contributed by atoms with Crippen LogP contribution < -0.4 is 4.90 Å². The molecule has 0 atom stereocenters. The molecule has 3 aromatic rings. The number of benzene rings is 2. The summed E-state index contributed by atoms with van der Waals surface area (Å²) in [6, 6.07) is 9.90. The van der Waals surface area contributed by atoms with Crippen LogP contribution in [0, 0.1) is 19.7 Å². The molecule has 0 aliphatic heterocycles. The van der Waals surface area contributed by atoms with E-state index in [1.807, 2.05) is 32.0 Å². The highest BCUT2D eigenvalue weighted by Crippen LogP contribution is 2.32. The Kier molecular flexibility index (Phi) is 5.34. The van der Waals surface area contributed by atoms with Crippen molar-refractivity contribution >= 4 is 32.6 Å². The lowest BCUT2D eigenvalue weighted by atomic mass is 10.1. The molecule has 3 rings (SSSR count). The number of aromatic nitrogens is 1. The molecule has 0 N–H and O–H groups in total. The predicted octanol–water partition coefficient (Wildman–Crippen LogP) is 4.26. The van der Waals surface area contributed by atoms with Crippen molar-refractivity contribution in [3.8, 4) is 0 Å². The first kappa shape index (κ1) is 18.5. The Hall–Kier alpha value is -2.31. The maximum atomic E-state index is 13.6. The van der Waals surface area contributed by atoms with Crippen LogP contribution in [0.25, 0.3) is 10.2 Å². The number of likely N-dealkylation sites (N-methyl/N-ethyl adjacent to an activating group) is 1. The van der Waals surface area contributed by atoms with Crippen molar-refractivity contribution in [2.45, 2.75) is 13.8 Å². The number of hydrogen-bond donors (Lipinski definition) is 0. The van der Waals surface area contributed by atoms with Crippen molar-refractivity contribution in [3.63, 3.8) is 0 Å². The van der Waals surface area contributed by atoms with Crippen LogP contribution in [0.4, 0.5) is 9.52 Å². The molecule has 1 aromatic heterocycles. The molecule has 0 spiro atoms. The van der Waals surface area contributed by atoms with Crippen LogP contribution in [0.1, 0.15) is 21.5 Å². The lowest BCUT2D eigenvalue weighted by Gasteiger charge is -2.22. The maximum absolute atomic E-state index is 13.6. The van der Waals surface area contributed by atoms with Crippen molar-refractivity contribution in [1.82, 2.24) is 9.88 Å². The summed E-state index contributed by atoms with van der Waals surface area (Å²) in [6.07, 6.45) is 0. The molecule has 6 heteroatoms. The molecule has 2 aromatic carbocycles. The fraction of sp³-hybridized carbons (Fsp3) is 0.300. The van der Waals surface area contributed by atoms with Crippen LogP contribution in [0.2, 0.25) is 0 Å². The van der Waals surface area contributed by atoms with Gasteiger partial charge in [0.1, 0.15) is 5.82 Å². The zero-order valence-electron chi connectivity index (χ0n) is 15.4. The number of carbonyl (C=O) groups is 1. The number of halogens is 1. The summed E-state index contributed by atoms with van der Waals surface area (Å²) in [4.78, 5) is 21.4. The van der Waals surface area contributed by atoms with Gasteiger partial charge < -0.3 is 4.90 Å². The molecule has 1 amide bonds. The van der Waals surface area contributed by atoms with Crippen LogP contribution in [0.5, 0.6) is 0 Å². The smallest absolute Gasteiger partial charge is 0.260 e. The Balaban J connectivity index is 2.03. The third kappa shape index (κ3) is 3.76. The number of amides is 1. The van der Waals surface area contributed by atoms with E-state index in [1.165, 1.54) is 29.0 Å². The molecule has 1 heterocycles. The van der Waals surface area contributed by atoms with Gasteiger partial charge in [-0.1, -0.05) is 23.5 Å². The molecular weight excluding hydrogens is 349 g/mol. The number of fused-ring (bicyclic) bond motifs is 1. The highest BCUT2D eigenvalue weighted by atomic mass is 32.1. The molecule has 26 heavy (non-hydrogen) atoms. The lowest BCUT2D eigenvalue weighted by molar-refractivity contribution is 0.0985. The quantitative estimate of drug-likeness (QED) is 0.672. The number of hydrogen-bond acceptors (Lipinski definition) is 4. The van der Waals surface area contributed by atoms with Gasteiger partial charge in [0, 0.05) is 18.7 Å². The summed E-state index contributed by atoms with van der Waals surface area (Å²) in [5, 5.41) is 0.643. The fourth-order valence-electron chi connectivity index (χ4n) is 2.69. The second-order valence-electron chi connectivity index (χ2n) is 6.62. The number of carbonyl (C=O) groups excluding carboxylic acids is 1. The molecule has 0 fully saturated rings. The van der Waals surface area contributed by atoms with Gasteiger partial charge in [0.15, 0.2) is 5.13 Å². The van der Waals surface area contributed by atoms with E-state index in [9.17, 15) is 9.18 Å².